The van der Waals surface area contributed by atoms with Crippen molar-refractivity contribution in [1.82, 2.24) is 10.2 Å². The minimum Gasteiger partial charge on any atom is -0.368 e. The van der Waals surface area contributed by atoms with Crippen molar-refractivity contribution in [1.29, 1.82) is 0 Å². The van der Waals surface area contributed by atoms with E-state index in [1.165, 1.54) is 0 Å². The number of rotatable bonds is 3. The number of nitrogens with zero attached hydrogens (tertiary/aromatic N) is 2. The van der Waals surface area contributed by atoms with E-state index in [2.05, 4.69) is 22.0 Å². The maximum absolute atomic E-state index is 5.56. The minimum atomic E-state index is 0.348. The Kier molecular flexibility index (Phi) is 2.70. The fourth-order valence-electron chi connectivity index (χ4n) is 1.10. The molecule has 0 spiro atoms. The minimum absolute atomic E-state index is 0.348. The molecule has 0 bridgehead atoms. The lowest BCUT2D eigenvalue weighted by Gasteiger charge is -2.24. The first-order chi connectivity index (χ1) is 5.66. The summed E-state index contributed by atoms with van der Waals surface area (Å²) >= 11 is 0. The van der Waals surface area contributed by atoms with Gasteiger partial charge in [0.25, 0.3) is 0 Å². The fraction of sp³-hybridized carbons (Fsp3) is 0.625. The summed E-state index contributed by atoms with van der Waals surface area (Å²) < 4.78 is 0. The SMILES string of the molecule is Cc1[nH]ncc1N(C)C(C)CN. The Balaban J connectivity index is 2.77. The van der Waals surface area contributed by atoms with Crippen molar-refractivity contribution in [2.24, 2.45) is 5.73 Å². The number of hydrogen-bond donors (Lipinski definition) is 2. The van der Waals surface area contributed by atoms with Crippen molar-refractivity contribution in [3.05, 3.63) is 11.9 Å². The van der Waals surface area contributed by atoms with Crippen LogP contribution in [-0.4, -0.2) is 29.8 Å². The average molecular weight is 168 g/mol. The third-order valence-electron chi connectivity index (χ3n) is 2.19. The van der Waals surface area contributed by atoms with Crippen molar-refractivity contribution in [3.63, 3.8) is 0 Å². The molecule has 4 nitrogen and oxygen atoms in total. The summed E-state index contributed by atoms with van der Waals surface area (Å²) in [6, 6.07) is 0.348. The summed E-state index contributed by atoms with van der Waals surface area (Å²) in [5.41, 5.74) is 7.76. The van der Waals surface area contributed by atoms with Gasteiger partial charge in [0.15, 0.2) is 0 Å². The van der Waals surface area contributed by atoms with Gasteiger partial charge in [0.2, 0.25) is 0 Å². The fourth-order valence-corrected chi connectivity index (χ4v) is 1.10. The quantitative estimate of drug-likeness (QED) is 0.691. The third kappa shape index (κ3) is 1.58. The van der Waals surface area contributed by atoms with Gasteiger partial charge in [-0.1, -0.05) is 0 Å². The highest BCUT2D eigenvalue weighted by molar-refractivity contribution is 5.48. The second kappa shape index (κ2) is 3.58. The van der Waals surface area contributed by atoms with Gasteiger partial charge in [0, 0.05) is 19.6 Å². The topological polar surface area (TPSA) is 57.9 Å². The van der Waals surface area contributed by atoms with Crippen molar-refractivity contribution >= 4 is 5.69 Å². The van der Waals surface area contributed by atoms with Crippen LogP contribution >= 0.6 is 0 Å². The molecule has 1 atom stereocenters. The van der Waals surface area contributed by atoms with Crippen LogP contribution in [0.4, 0.5) is 5.69 Å². The lowest BCUT2D eigenvalue weighted by molar-refractivity contribution is 0.694. The molecule has 1 heterocycles. The molecule has 1 aromatic heterocycles. The van der Waals surface area contributed by atoms with Gasteiger partial charge < -0.3 is 10.6 Å². The summed E-state index contributed by atoms with van der Waals surface area (Å²) in [6.45, 7) is 4.75. The Morgan fingerprint density at radius 1 is 1.75 bits per heavy atom. The summed E-state index contributed by atoms with van der Waals surface area (Å²) in [5, 5.41) is 6.85. The lowest BCUT2D eigenvalue weighted by Crippen LogP contribution is -2.35. The van der Waals surface area contributed by atoms with Crippen LogP contribution in [0.5, 0.6) is 0 Å². The molecule has 1 rings (SSSR count). The van der Waals surface area contributed by atoms with E-state index in [0.29, 0.717) is 12.6 Å². The summed E-state index contributed by atoms with van der Waals surface area (Å²) in [7, 11) is 2.02. The zero-order valence-electron chi connectivity index (χ0n) is 7.83. The number of aromatic nitrogens is 2. The first kappa shape index (κ1) is 9.06. The number of nitrogens with one attached hydrogen (secondary N) is 1. The molecule has 0 amide bonds. The Morgan fingerprint density at radius 2 is 2.42 bits per heavy atom. The molecular weight excluding hydrogens is 152 g/mol. The third-order valence-corrected chi connectivity index (χ3v) is 2.19. The Bertz CT molecular complexity index is 243. The largest absolute Gasteiger partial charge is 0.368 e. The molecule has 0 fully saturated rings. The molecule has 0 saturated carbocycles. The van der Waals surface area contributed by atoms with Crippen LogP contribution in [0.2, 0.25) is 0 Å². The van der Waals surface area contributed by atoms with Crippen LogP contribution in [0.15, 0.2) is 6.20 Å². The van der Waals surface area contributed by atoms with E-state index >= 15 is 0 Å². The van der Waals surface area contributed by atoms with Crippen molar-refractivity contribution < 1.29 is 0 Å². The Hall–Kier alpha value is -1.03. The number of hydrogen-bond acceptors (Lipinski definition) is 3. The van der Waals surface area contributed by atoms with Crippen LogP contribution in [0.25, 0.3) is 0 Å². The lowest BCUT2D eigenvalue weighted by atomic mass is 10.2. The summed E-state index contributed by atoms with van der Waals surface area (Å²) in [6.07, 6.45) is 1.82. The van der Waals surface area contributed by atoms with Crippen molar-refractivity contribution in [2.75, 3.05) is 18.5 Å². The van der Waals surface area contributed by atoms with Gasteiger partial charge in [0.1, 0.15) is 0 Å². The van der Waals surface area contributed by atoms with E-state index < -0.39 is 0 Å². The molecule has 0 aliphatic heterocycles. The van der Waals surface area contributed by atoms with E-state index in [1.807, 2.05) is 20.2 Å². The van der Waals surface area contributed by atoms with E-state index in [9.17, 15) is 0 Å². The number of likely N-dealkylation sites (N-methyl/N-ethyl adjacent to an activating group) is 1. The predicted molar refractivity (Wildman–Crippen MR) is 50.2 cm³/mol. The molecule has 12 heavy (non-hydrogen) atoms. The number of anilines is 1. The molecule has 3 N–H and O–H groups in total. The Morgan fingerprint density at radius 3 is 2.83 bits per heavy atom. The van der Waals surface area contributed by atoms with Crippen LogP contribution in [0.1, 0.15) is 12.6 Å². The van der Waals surface area contributed by atoms with E-state index in [1.54, 1.807) is 0 Å². The van der Waals surface area contributed by atoms with E-state index in [0.717, 1.165) is 11.4 Å². The van der Waals surface area contributed by atoms with Gasteiger partial charge in [-0.25, -0.2) is 0 Å². The first-order valence-electron chi connectivity index (χ1n) is 4.09. The standard InChI is InChI=1S/C8H16N4/c1-6(4-9)12(3)8-5-10-11-7(8)2/h5-6H,4,9H2,1-3H3,(H,10,11). The summed E-state index contributed by atoms with van der Waals surface area (Å²) in [4.78, 5) is 2.12. The van der Waals surface area contributed by atoms with Crippen molar-refractivity contribution in [3.8, 4) is 0 Å². The van der Waals surface area contributed by atoms with Crippen LogP contribution in [0.3, 0.4) is 0 Å². The molecule has 0 aliphatic rings. The second-order valence-electron chi connectivity index (χ2n) is 3.08. The van der Waals surface area contributed by atoms with Gasteiger partial charge in [-0.3, -0.25) is 5.10 Å². The smallest absolute Gasteiger partial charge is 0.0779 e. The molecule has 4 heteroatoms. The maximum Gasteiger partial charge on any atom is 0.0779 e. The normalized spacial score (nSPS) is 13.0. The molecule has 0 saturated heterocycles. The molecule has 0 aromatic carbocycles. The highest BCUT2D eigenvalue weighted by atomic mass is 15.2. The monoisotopic (exact) mass is 168 g/mol. The highest BCUT2D eigenvalue weighted by Crippen LogP contribution is 2.16. The van der Waals surface area contributed by atoms with E-state index in [4.69, 9.17) is 5.73 Å². The first-order valence-corrected chi connectivity index (χ1v) is 4.09. The van der Waals surface area contributed by atoms with Crippen LogP contribution in [-0.2, 0) is 0 Å². The molecule has 68 valence electrons. The molecule has 0 aliphatic carbocycles. The number of aryl methyl sites for hydroxylation is 1. The number of H-pyrrole nitrogens is 1. The molecule has 0 radical (unpaired) electrons. The molecule has 1 aromatic rings. The summed E-state index contributed by atoms with van der Waals surface area (Å²) in [5.74, 6) is 0. The van der Waals surface area contributed by atoms with E-state index in [-0.39, 0.29) is 0 Å². The van der Waals surface area contributed by atoms with Crippen molar-refractivity contribution in [2.45, 2.75) is 19.9 Å². The highest BCUT2D eigenvalue weighted by Gasteiger charge is 2.11. The second-order valence-corrected chi connectivity index (χ2v) is 3.08. The number of nitrogens with two attached hydrogens (primary N) is 1. The zero-order chi connectivity index (χ0) is 9.14. The van der Waals surface area contributed by atoms with Gasteiger partial charge in [-0.05, 0) is 13.8 Å². The maximum atomic E-state index is 5.56. The van der Waals surface area contributed by atoms with Crippen LogP contribution < -0.4 is 10.6 Å². The van der Waals surface area contributed by atoms with Gasteiger partial charge in [-0.2, -0.15) is 5.10 Å². The average Bonchev–Trinajstić information content (AvgIpc) is 2.48. The predicted octanol–water partition coefficient (Wildman–Crippen LogP) is 0.502. The Labute approximate surface area is 72.8 Å². The van der Waals surface area contributed by atoms with Crippen LogP contribution in [0, 0.1) is 6.92 Å². The number of aromatic amines is 1. The zero-order valence-corrected chi connectivity index (χ0v) is 7.83. The van der Waals surface area contributed by atoms with Gasteiger partial charge in [0.05, 0.1) is 17.6 Å². The van der Waals surface area contributed by atoms with Gasteiger partial charge >= 0.3 is 0 Å². The molecular formula is C8H16N4. The molecule has 1 unspecified atom stereocenters. The van der Waals surface area contributed by atoms with Gasteiger partial charge in [-0.15, -0.1) is 0 Å².